The standard InChI is InChI=1S/C17H27N3O.HI/c1-13-7-6-10-20(12-13)17(18)19-11-15(3)21-16-9-5-4-8-14(16)2;/h4-5,8-9,13,15H,6-7,10-12H2,1-3H3,(H2,18,19);1H. The second kappa shape index (κ2) is 9.22. The highest BCUT2D eigenvalue weighted by Gasteiger charge is 2.17. The topological polar surface area (TPSA) is 50.9 Å². The van der Waals surface area contributed by atoms with Crippen LogP contribution in [-0.2, 0) is 0 Å². The molecule has 4 nitrogen and oxygen atoms in total. The molecule has 124 valence electrons. The lowest BCUT2D eigenvalue weighted by molar-refractivity contribution is 0.226. The number of likely N-dealkylation sites (tertiary alicyclic amines) is 1. The number of halogens is 1. The van der Waals surface area contributed by atoms with Crippen molar-refractivity contribution in [3.05, 3.63) is 29.8 Å². The quantitative estimate of drug-likeness (QED) is 0.464. The molecule has 0 saturated carbocycles. The van der Waals surface area contributed by atoms with Crippen LogP contribution in [0, 0.1) is 12.8 Å². The largest absolute Gasteiger partial charge is 0.489 e. The lowest BCUT2D eigenvalue weighted by Crippen LogP contribution is -2.43. The minimum Gasteiger partial charge on any atom is -0.489 e. The van der Waals surface area contributed by atoms with E-state index in [1.807, 2.05) is 25.1 Å². The Bertz CT molecular complexity index is 493. The highest BCUT2D eigenvalue weighted by Crippen LogP contribution is 2.18. The molecule has 1 aliphatic rings. The summed E-state index contributed by atoms with van der Waals surface area (Å²) in [6.07, 6.45) is 2.51. The average molecular weight is 417 g/mol. The van der Waals surface area contributed by atoms with Gasteiger partial charge in [-0.3, -0.25) is 0 Å². The van der Waals surface area contributed by atoms with Crippen molar-refractivity contribution < 1.29 is 4.74 Å². The number of guanidine groups is 1. The van der Waals surface area contributed by atoms with Crippen LogP contribution in [0.25, 0.3) is 0 Å². The Morgan fingerprint density at radius 2 is 2.18 bits per heavy atom. The molecule has 2 N–H and O–H groups in total. The molecular weight excluding hydrogens is 389 g/mol. The van der Waals surface area contributed by atoms with Gasteiger partial charge in [-0.2, -0.15) is 0 Å². The molecule has 0 bridgehead atoms. The maximum absolute atomic E-state index is 6.10. The number of nitrogens with two attached hydrogens (primary N) is 1. The van der Waals surface area contributed by atoms with Gasteiger partial charge in [-0.25, -0.2) is 4.99 Å². The summed E-state index contributed by atoms with van der Waals surface area (Å²) in [7, 11) is 0. The first-order chi connectivity index (χ1) is 10.1. The molecule has 1 aromatic carbocycles. The van der Waals surface area contributed by atoms with Gasteiger partial charge in [-0.05, 0) is 44.2 Å². The molecule has 5 heteroatoms. The van der Waals surface area contributed by atoms with Gasteiger partial charge in [0.25, 0.3) is 0 Å². The molecule has 1 fully saturated rings. The van der Waals surface area contributed by atoms with Crippen molar-refractivity contribution in [2.45, 2.75) is 39.7 Å². The van der Waals surface area contributed by atoms with Gasteiger partial charge >= 0.3 is 0 Å². The average Bonchev–Trinajstić information content (AvgIpc) is 2.47. The maximum atomic E-state index is 6.10. The molecule has 2 atom stereocenters. The van der Waals surface area contributed by atoms with E-state index in [4.69, 9.17) is 10.5 Å². The summed E-state index contributed by atoms with van der Waals surface area (Å²) in [5.41, 5.74) is 7.25. The van der Waals surface area contributed by atoms with Crippen molar-refractivity contribution in [3.8, 4) is 5.75 Å². The number of nitrogens with zero attached hydrogens (tertiary/aromatic N) is 2. The minimum absolute atomic E-state index is 0. The van der Waals surface area contributed by atoms with Crippen LogP contribution in [0.3, 0.4) is 0 Å². The smallest absolute Gasteiger partial charge is 0.191 e. The van der Waals surface area contributed by atoms with Gasteiger partial charge in [0, 0.05) is 13.1 Å². The predicted molar refractivity (Wildman–Crippen MR) is 103 cm³/mol. The van der Waals surface area contributed by atoms with Crippen LogP contribution in [-0.4, -0.2) is 36.6 Å². The van der Waals surface area contributed by atoms with Crippen LogP contribution in [0.15, 0.2) is 29.3 Å². The Kier molecular flexibility index (Phi) is 8.00. The molecule has 1 aliphatic heterocycles. The molecule has 2 unspecified atom stereocenters. The van der Waals surface area contributed by atoms with Gasteiger partial charge in [-0.1, -0.05) is 25.1 Å². The van der Waals surface area contributed by atoms with Crippen LogP contribution in [0.1, 0.15) is 32.3 Å². The summed E-state index contributed by atoms with van der Waals surface area (Å²) in [4.78, 5) is 6.69. The molecule has 0 spiro atoms. The third-order valence-corrected chi connectivity index (χ3v) is 3.91. The van der Waals surface area contributed by atoms with E-state index in [0.29, 0.717) is 18.4 Å². The van der Waals surface area contributed by atoms with Gasteiger partial charge in [0.05, 0.1) is 6.54 Å². The fraction of sp³-hybridized carbons (Fsp3) is 0.588. The third-order valence-electron chi connectivity index (χ3n) is 3.91. The maximum Gasteiger partial charge on any atom is 0.191 e. The zero-order valence-corrected chi connectivity index (χ0v) is 16.1. The molecule has 0 aromatic heterocycles. The first kappa shape index (κ1) is 19.1. The van der Waals surface area contributed by atoms with Crippen LogP contribution >= 0.6 is 24.0 Å². The van der Waals surface area contributed by atoms with Crippen molar-refractivity contribution in [2.75, 3.05) is 19.6 Å². The Hall–Kier alpha value is -0.980. The van der Waals surface area contributed by atoms with E-state index in [1.165, 1.54) is 12.8 Å². The second-order valence-corrected chi connectivity index (χ2v) is 6.09. The number of piperidine rings is 1. The molecule has 0 aliphatic carbocycles. The van der Waals surface area contributed by atoms with E-state index >= 15 is 0 Å². The fourth-order valence-electron chi connectivity index (χ4n) is 2.66. The molecule has 1 heterocycles. The normalized spacial score (nSPS) is 20.2. The van der Waals surface area contributed by atoms with Crippen LogP contribution in [0.4, 0.5) is 0 Å². The van der Waals surface area contributed by atoms with E-state index < -0.39 is 0 Å². The fourth-order valence-corrected chi connectivity index (χ4v) is 2.66. The number of para-hydroxylation sites is 1. The first-order valence-corrected chi connectivity index (χ1v) is 7.83. The van der Waals surface area contributed by atoms with Crippen molar-refractivity contribution >= 4 is 29.9 Å². The van der Waals surface area contributed by atoms with Crippen molar-refractivity contribution in [1.29, 1.82) is 0 Å². The van der Waals surface area contributed by atoms with E-state index in [9.17, 15) is 0 Å². The second-order valence-electron chi connectivity index (χ2n) is 6.09. The highest BCUT2D eigenvalue weighted by molar-refractivity contribution is 14.0. The summed E-state index contributed by atoms with van der Waals surface area (Å²) in [5, 5.41) is 0. The number of rotatable bonds is 4. The number of ether oxygens (including phenoxy) is 1. The monoisotopic (exact) mass is 417 g/mol. The number of hydrogen-bond donors (Lipinski definition) is 1. The van der Waals surface area contributed by atoms with Gasteiger partial charge in [0.15, 0.2) is 5.96 Å². The summed E-state index contributed by atoms with van der Waals surface area (Å²) in [5.74, 6) is 2.28. The van der Waals surface area contributed by atoms with Crippen LogP contribution < -0.4 is 10.5 Å². The molecule has 22 heavy (non-hydrogen) atoms. The van der Waals surface area contributed by atoms with Gasteiger partial charge in [-0.15, -0.1) is 24.0 Å². The molecule has 0 radical (unpaired) electrons. The van der Waals surface area contributed by atoms with Crippen LogP contribution in [0.5, 0.6) is 5.75 Å². The van der Waals surface area contributed by atoms with Gasteiger partial charge in [0.2, 0.25) is 0 Å². The summed E-state index contributed by atoms with van der Waals surface area (Å²) in [6, 6.07) is 8.04. The van der Waals surface area contributed by atoms with E-state index in [1.54, 1.807) is 0 Å². The number of aryl methyl sites for hydroxylation is 1. The predicted octanol–water partition coefficient (Wildman–Crippen LogP) is 3.43. The lowest BCUT2D eigenvalue weighted by Gasteiger charge is -2.31. The summed E-state index contributed by atoms with van der Waals surface area (Å²) in [6.45, 7) is 8.97. The van der Waals surface area contributed by atoms with Crippen molar-refractivity contribution in [1.82, 2.24) is 4.90 Å². The molecule has 2 rings (SSSR count). The third kappa shape index (κ3) is 5.66. The summed E-state index contributed by atoms with van der Waals surface area (Å²) < 4.78 is 5.92. The zero-order valence-electron chi connectivity index (χ0n) is 13.8. The van der Waals surface area contributed by atoms with E-state index in [2.05, 4.69) is 29.8 Å². The minimum atomic E-state index is 0. The molecule has 1 saturated heterocycles. The van der Waals surface area contributed by atoms with Crippen LogP contribution in [0.2, 0.25) is 0 Å². The Morgan fingerprint density at radius 1 is 1.45 bits per heavy atom. The zero-order chi connectivity index (χ0) is 15.2. The SMILES string of the molecule is Cc1ccccc1OC(C)CN=C(N)N1CCCC(C)C1.I. The Labute approximate surface area is 151 Å². The highest BCUT2D eigenvalue weighted by atomic mass is 127. The van der Waals surface area contributed by atoms with E-state index in [-0.39, 0.29) is 30.1 Å². The van der Waals surface area contributed by atoms with Gasteiger partial charge < -0.3 is 15.4 Å². The molecular formula is C17H28IN3O. The molecule has 1 aromatic rings. The summed E-state index contributed by atoms with van der Waals surface area (Å²) >= 11 is 0. The number of benzene rings is 1. The van der Waals surface area contributed by atoms with Crippen molar-refractivity contribution in [3.63, 3.8) is 0 Å². The van der Waals surface area contributed by atoms with Crippen molar-refractivity contribution in [2.24, 2.45) is 16.6 Å². The van der Waals surface area contributed by atoms with E-state index in [0.717, 1.165) is 24.4 Å². The number of hydrogen-bond acceptors (Lipinski definition) is 2. The Balaban J connectivity index is 0.00000242. The van der Waals surface area contributed by atoms with Gasteiger partial charge in [0.1, 0.15) is 11.9 Å². The lowest BCUT2D eigenvalue weighted by atomic mass is 10.0. The first-order valence-electron chi connectivity index (χ1n) is 7.83. The number of aliphatic imine (C=N–C) groups is 1. The Morgan fingerprint density at radius 3 is 2.86 bits per heavy atom. The molecule has 0 amide bonds.